The average molecular weight is 266 g/mol. The lowest BCUT2D eigenvalue weighted by molar-refractivity contribution is 0.0761. The first-order chi connectivity index (χ1) is 9.26. The van der Waals surface area contributed by atoms with Crippen LogP contribution in [0.2, 0.25) is 0 Å². The standard InChI is InChI=1S/C17H34N2/c1-4-14-10-12-15(13-11-14)19(3)17-9-7-6-8-16(17)18-5-2/h14-18H,4-13H2,1-3H3. The zero-order valence-electron chi connectivity index (χ0n) is 13.3. The SMILES string of the molecule is CCNC1CCCCC1N(C)C1CCC(CC)CC1. The van der Waals surface area contributed by atoms with E-state index in [0.29, 0.717) is 0 Å². The predicted octanol–water partition coefficient (Wildman–Crippen LogP) is 3.81. The molecule has 0 bridgehead atoms. The van der Waals surface area contributed by atoms with E-state index in [2.05, 4.69) is 31.1 Å². The molecule has 0 saturated heterocycles. The fraction of sp³-hybridized carbons (Fsp3) is 1.00. The highest BCUT2D eigenvalue weighted by atomic mass is 15.2. The van der Waals surface area contributed by atoms with E-state index < -0.39 is 0 Å². The highest BCUT2D eigenvalue weighted by Gasteiger charge is 2.32. The second-order valence-corrected chi connectivity index (χ2v) is 6.76. The van der Waals surface area contributed by atoms with E-state index >= 15 is 0 Å². The van der Waals surface area contributed by atoms with Crippen LogP contribution in [0.4, 0.5) is 0 Å². The van der Waals surface area contributed by atoms with E-state index in [0.717, 1.165) is 30.6 Å². The first kappa shape index (κ1) is 15.3. The first-order valence-corrected chi connectivity index (χ1v) is 8.71. The minimum atomic E-state index is 0.743. The van der Waals surface area contributed by atoms with E-state index in [1.165, 1.54) is 57.8 Å². The third kappa shape index (κ3) is 3.95. The molecule has 0 aliphatic heterocycles. The Morgan fingerprint density at radius 3 is 2.26 bits per heavy atom. The van der Waals surface area contributed by atoms with E-state index in [1.807, 2.05) is 0 Å². The molecule has 2 heteroatoms. The highest BCUT2D eigenvalue weighted by molar-refractivity contribution is 4.90. The van der Waals surface area contributed by atoms with Crippen molar-refractivity contribution in [3.05, 3.63) is 0 Å². The van der Waals surface area contributed by atoms with Gasteiger partial charge in [-0.15, -0.1) is 0 Å². The molecule has 0 radical (unpaired) electrons. The fourth-order valence-electron chi connectivity index (χ4n) is 4.33. The minimum Gasteiger partial charge on any atom is -0.313 e. The van der Waals surface area contributed by atoms with Gasteiger partial charge in [-0.1, -0.05) is 33.1 Å². The maximum absolute atomic E-state index is 3.73. The summed E-state index contributed by atoms with van der Waals surface area (Å²) in [4.78, 5) is 2.75. The lowest BCUT2D eigenvalue weighted by Crippen LogP contribution is -2.54. The molecule has 2 rings (SSSR count). The Bertz CT molecular complexity index is 244. The van der Waals surface area contributed by atoms with Gasteiger partial charge in [-0.3, -0.25) is 4.90 Å². The summed E-state index contributed by atoms with van der Waals surface area (Å²) >= 11 is 0. The van der Waals surface area contributed by atoms with E-state index in [4.69, 9.17) is 0 Å². The van der Waals surface area contributed by atoms with Gasteiger partial charge in [-0.2, -0.15) is 0 Å². The Labute approximate surface area is 120 Å². The minimum absolute atomic E-state index is 0.743. The average Bonchev–Trinajstić information content (AvgIpc) is 2.47. The summed E-state index contributed by atoms with van der Waals surface area (Å²) in [5.74, 6) is 1.01. The van der Waals surface area contributed by atoms with Crippen molar-refractivity contribution >= 4 is 0 Å². The number of nitrogens with one attached hydrogen (secondary N) is 1. The monoisotopic (exact) mass is 266 g/mol. The number of nitrogens with zero attached hydrogens (tertiary/aromatic N) is 1. The lowest BCUT2D eigenvalue weighted by Gasteiger charge is -2.44. The topological polar surface area (TPSA) is 15.3 Å². The van der Waals surface area contributed by atoms with Crippen molar-refractivity contribution in [1.29, 1.82) is 0 Å². The van der Waals surface area contributed by atoms with Crippen LogP contribution in [0.15, 0.2) is 0 Å². The largest absolute Gasteiger partial charge is 0.313 e. The number of hydrogen-bond acceptors (Lipinski definition) is 2. The molecule has 19 heavy (non-hydrogen) atoms. The maximum atomic E-state index is 3.73. The van der Waals surface area contributed by atoms with Gasteiger partial charge in [0.15, 0.2) is 0 Å². The van der Waals surface area contributed by atoms with Gasteiger partial charge in [0.05, 0.1) is 0 Å². The van der Waals surface area contributed by atoms with E-state index in [9.17, 15) is 0 Å². The summed E-state index contributed by atoms with van der Waals surface area (Å²) in [5, 5.41) is 3.73. The van der Waals surface area contributed by atoms with Crippen molar-refractivity contribution in [3.8, 4) is 0 Å². The summed E-state index contributed by atoms with van der Waals surface area (Å²) < 4.78 is 0. The Morgan fingerprint density at radius 1 is 0.947 bits per heavy atom. The summed E-state index contributed by atoms with van der Waals surface area (Å²) in [6.45, 7) is 5.73. The van der Waals surface area contributed by atoms with Gasteiger partial charge < -0.3 is 5.32 Å². The molecule has 0 aromatic rings. The zero-order chi connectivity index (χ0) is 13.7. The van der Waals surface area contributed by atoms with Crippen LogP contribution < -0.4 is 5.32 Å². The molecule has 2 saturated carbocycles. The van der Waals surface area contributed by atoms with E-state index in [-0.39, 0.29) is 0 Å². The first-order valence-electron chi connectivity index (χ1n) is 8.71. The number of likely N-dealkylation sites (N-methyl/N-ethyl adjacent to an activating group) is 2. The molecule has 2 atom stereocenters. The van der Waals surface area contributed by atoms with Crippen LogP contribution in [0, 0.1) is 5.92 Å². The number of hydrogen-bond donors (Lipinski definition) is 1. The second kappa shape index (κ2) is 7.64. The molecule has 2 aliphatic carbocycles. The van der Waals surface area contributed by atoms with Crippen LogP contribution in [0.5, 0.6) is 0 Å². The van der Waals surface area contributed by atoms with Crippen molar-refractivity contribution in [2.45, 2.75) is 89.8 Å². The molecule has 2 aliphatic rings. The fourth-order valence-corrected chi connectivity index (χ4v) is 4.33. The smallest absolute Gasteiger partial charge is 0.0249 e. The Hall–Kier alpha value is -0.0800. The molecule has 0 heterocycles. The van der Waals surface area contributed by atoms with Crippen LogP contribution in [-0.2, 0) is 0 Å². The highest BCUT2D eigenvalue weighted by Crippen LogP contribution is 2.32. The van der Waals surface area contributed by atoms with Gasteiger partial charge in [0.2, 0.25) is 0 Å². The molecule has 0 aromatic carbocycles. The molecule has 0 spiro atoms. The zero-order valence-corrected chi connectivity index (χ0v) is 13.3. The molecule has 2 unspecified atom stereocenters. The van der Waals surface area contributed by atoms with Gasteiger partial charge in [0.25, 0.3) is 0 Å². The quantitative estimate of drug-likeness (QED) is 0.814. The summed E-state index contributed by atoms with van der Waals surface area (Å²) in [7, 11) is 2.40. The molecular formula is C17H34N2. The van der Waals surface area contributed by atoms with E-state index in [1.54, 1.807) is 0 Å². The summed E-state index contributed by atoms with van der Waals surface area (Å²) in [5.41, 5.74) is 0. The third-order valence-corrected chi connectivity index (χ3v) is 5.69. The van der Waals surface area contributed by atoms with Crippen LogP contribution in [0.25, 0.3) is 0 Å². The molecule has 2 nitrogen and oxygen atoms in total. The Balaban J connectivity index is 1.88. The van der Waals surface area contributed by atoms with Gasteiger partial charge in [-0.25, -0.2) is 0 Å². The van der Waals surface area contributed by atoms with Crippen LogP contribution >= 0.6 is 0 Å². The molecule has 2 fully saturated rings. The normalized spacial score (nSPS) is 36.6. The van der Waals surface area contributed by atoms with Crippen molar-refractivity contribution < 1.29 is 0 Å². The van der Waals surface area contributed by atoms with Crippen molar-refractivity contribution in [2.75, 3.05) is 13.6 Å². The van der Waals surface area contributed by atoms with Gasteiger partial charge in [-0.05, 0) is 58.0 Å². The summed E-state index contributed by atoms with van der Waals surface area (Å²) in [6.07, 6.45) is 12.8. The van der Waals surface area contributed by atoms with Crippen LogP contribution in [-0.4, -0.2) is 36.6 Å². The molecule has 1 N–H and O–H groups in total. The van der Waals surface area contributed by atoms with Crippen molar-refractivity contribution in [1.82, 2.24) is 10.2 Å². The molecule has 0 amide bonds. The molecular weight excluding hydrogens is 232 g/mol. The third-order valence-electron chi connectivity index (χ3n) is 5.69. The lowest BCUT2D eigenvalue weighted by atomic mass is 9.82. The van der Waals surface area contributed by atoms with Gasteiger partial charge >= 0.3 is 0 Å². The number of rotatable bonds is 5. The van der Waals surface area contributed by atoms with Crippen molar-refractivity contribution in [3.63, 3.8) is 0 Å². The van der Waals surface area contributed by atoms with Gasteiger partial charge in [0, 0.05) is 18.1 Å². The molecule has 112 valence electrons. The van der Waals surface area contributed by atoms with Crippen LogP contribution in [0.1, 0.15) is 71.6 Å². The molecule has 0 aromatic heterocycles. The second-order valence-electron chi connectivity index (χ2n) is 6.76. The summed E-state index contributed by atoms with van der Waals surface area (Å²) in [6, 6.07) is 2.39. The Kier molecular flexibility index (Phi) is 6.15. The Morgan fingerprint density at radius 2 is 1.63 bits per heavy atom. The van der Waals surface area contributed by atoms with Crippen molar-refractivity contribution in [2.24, 2.45) is 5.92 Å². The predicted molar refractivity (Wildman–Crippen MR) is 83.5 cm³/mol. The van der Waals surface area contributed by atoms with Crippen LogP contribution in [0.3, 0.4) is 0 Å². The maximum Gasteiger partial charge on any atom is 0.0249 e. The van der Waals surface area contributed by atoms with Gasteiger partial charge in [0.1, 0.15) is 0 Å².